The molecule has 1 unspecified atom stereocenters. The van der Waals surface area contributed by atoms with Gasteiger partial charge >= 0.3 is 0 Å². The summed E-state index contributed by atoms with van der Waals surface area (Å²) in [6.07, 6.45) is 3.21. The highest BCUT2D eigenvalue weighted by molar-refractivity contribution is 6.17. The minimum atomic E-state index is -0.642. The fourth-order valence-electron chi connectivity index (χ4n) is 3.91. The second kappa shape index (κ2) is 6.05. The first-order chi connectivity index (χ1) is 13.5. The molecule has 1 aliphatic carbocycles. The average Bonchev–Trinajstić information content (AvgIpc) is 3.38. The van der Waals surface area contributed by atoms with Crippen molar-refractivity contribution in [2.24, 2.45) is 5.92 Å². The number of hydrogen-bond donors (Lipinski definition) is 2. The Bertz CT molecular complexity index is 1160. The summed E-state index contributed by atoms with van der Waals surface area (Å²) in [6, 6.07) is 12.5. The Morgan fingerprint density at radius 3 is 2.79 bits per heavy atom. The molecule has 1 saturated carbocycles. The van der Waals surface area contributed by atoms with Crippen molar-refractivity contribution in [3.63, 3.8) is 0 Å². The number of fused-ring (bicyclic) bond motifs is 1. The molecular formula is C22H19N3O3. The van der Waals surface area contributed by atoms with E-state index in [4.69, 9.17) is 0 Å². The van der Waals surface area contributed by atoms with E-state index in [0.717, 1.165) is 35.0 Å². The quantitative estimate of drug-likeness (QED) is 0.729. The Labute approximate surface area is 161 Å². The van der Waals surface area contributed by atoms with E-state index in [2.05, 4.69) is 9.97 Å². The SMILES string of the molecule is Cc1cccc(C2C(C(=O)C3CC3)=C(O)C(=O)N2c2ccc3[nH]cnc3c2)c1. The summed E-state index contributed by atoms with van der Waals surface area (Å²) in [5.74, 6) is -1.21. The smallest absolute Gasteiger partial charge is 0.294 e. The number of ketones is 1. The summed E-state index contributed by atoms with van der Waals surface area (Å²) < 4.78 is 0. The number of aromatic nitrogens is 2. The molecule has 2 aliphatic rings. The van der Waals surface area contributed by atoms with Crippen LogP contribution in [0.1, 0.15) is 30.0 Å². The van der Waals surface area contributed by atoms with E-state index >= 15 is 0 Å². The van der Waals surface area contributed by atoms with E-state index in [1.54, 1.807) is 18.5 Å². The molecule has 0 saturated heterocycles. The van der Waals surface area contributed by atoms with Crippen molar-refractivity contribution in [1.29, 1.82) is 0 Å². The molecule has 2 N–H and O–H groups in total. The third-order valence-corrected chi connectivity index (χ3v) is 5.46. The molecule has 1 atom stereocenters. The summed E-state index contributed by atoms with van der Waals surface area (Å²) in [7, 11) is 0. The van der Waals surface area contributed by atoms with E-state index in [-0.39, 0.29) is 17.3 Å². The number of amides is 1. The number of carbonyl (C=O) groups excluding carboxylic acids is 2. The maximum atomic E-state index is 13.0. The van der Waals surface area contributed by atoms with E-state index in [9.17, 15) is 14.7 Å². The van der Waals surface area contributed by atoms with Gasteiger partial charge in [0.05, 0.1) is 29.0 Å². The first-order valence-electron chi connectivity index (χ1n) is 9.35. The fourth-order valence-corrected chi connectivity index (χ4v) is 3.91. The highest BCUT2D eigenvalue weighted by Gasteiger charge is 2.47. The number of carbonyl (C=O) groups is 2. The lowest BCUT2D eigenvalue weighted by atomic mass is 9.93. The number of nitrogens with zero attached hydrogens (tertiary/aromatic N) is 2. The predicted octanol–water partition coefficient (Wildman–Crippen LogP) is 3.75. The van der Waals surface area contributed by atoms with Gasteiger partial charge in [0.1, 0.15) is 0 Å². The van der Waals surface area contributed by atoms with Gasteiger partial charge in [0, 0.05) is 11.6 Å². The topological polar surface area (TPSA) is 86.3 Å². The number of H-pyrrole nitrogens is 1. The molecule has 3 aromatic rings. The summed E-state index contributed by atoms with van der Waals surface area (Å²) in [6.45, 7) is 1.96. The van der Waals surface area contributed by atoms with Crippen molar-refractivity contribution in [2.45, 2.75) is 25.8 Å². The number of Topliss-reactive ketones (excluding diaryl/α,β-unsaturated/α-hetero) is 1. The molecule has 28 heavy (non-hydrogen) atoms. The van der Waals surface area contributed by atoms with Crippen molar-refractivity contribution in [3.05, 3.63) is 71.3 Å². The van der Waals surface area contributed by atoms with Gasteiger partial charge in [-0.15, -0.1) is 0 Å². The number of aromatic amines is 1. The van der Waals surface area contributed by atoms with E-state index in [1.165, 1.54) is 4.90 Å². The van der Waals surface area contributed by atoms with E-state index < -0.39 is 17.7 Å². The maximum Gasteiger partial charge on any atom is 0.294 e. The van der Waals surface area contributed by atoms with Gasteiger partial charge in [-0.1, -0.05) is 29.8 Å². The van der Waals surface area contributed by atoms with Crippen LogP contribution in [0.5, 0.6) is 0 Å². The number of rotatable bonds is 4. The lowest BCUT2D eigenvalue weighted by Crippen LogP contribution is -2.31. The number of aryl methyl sites for hydroxylation is 1. The van der Waals surface area contributed by atoms with Crippen LogP contribution in [0.25, 0.3) is 11.0 Å². The maximum absolute atomic E-state index is 13.0. The first-order valence-corrected chi connectivity index (χ1v) is 9.35. The molecule has 5 rings (SSSR count). The average molecular weight is 373 g/mol. The van der Waals surface area contributed by atoms with Crippen LogP contribution >= 0.6 is 0 Å². The zero-order valence-electron chi connectivity index (χ0n) is 15.3. The number of benzene rings is 2. The molecule has 6 nitrogen and oxygen atoms in total. The second-order valence-electron chi connectivity index (χ2n) is 7.50. The Morgan fingerprint density at radius 2 is 2.04 bits per heavy atom. The van der Waals surface area contributed by atoms with Crippen LogP contribution in [-0.2, 0) is 9.59 Å². The van der Waals surface area contributed by atoms with Gasteiger partial charge in [-0.25, -0.2) is 4.98 Å². The molecule has 1 amide bonds. The van der Waals surface area contributed by atoms with Crippen molar-refractivity contribution >= 4 is 28.4 Å². The molecule has 0 bridgehead atoms. The highest BCUT2D eigenvalue weighted by Crippen LogP contribution is 2.45. The molecule has 1 fully saturated rings. The van der Waals surface area contributed by atoms with Crippen LogP contribution in [0.2, 0.25) is 0 Å². The third-order valence-electron chi connectivity index (χ3n) is 5.46. The molecule has 0 spiro atoms. The fraction of sp³-hybridized carbons (Fsp3) is 0.227. The monoisotopic (exact) mass is 373 g/mol. The van der Waals surface area contributed by atoms with Gasteiger partial charge in [0.15, 0.2) is 11.5 Å². The lowest BCUT2D eigenvalue weighted by Gasteiger charge is -2.27. The second-order valence-corrected chi connectivity index (χ2v) is 7.50. The molecular weight excluding hydrogens is 354 g/mol. The molecule has 1 aliphatic heterocycles. The zero-order valence-corrected chi connectivity index (χ0v) is 15.3. The van der Waals surface area contributed by atoms with Crippen molar-refractivity contribution in [1.82, 2.24) is 9.97 Å². The Kier molecular flexibility index (Phi) is 3.62. The molecule has 0 radical (unpaired) electrons. The van der Waals surface area contributed by atoms with Gasteiger partial charge in [0.2, 0.25) is 0 Å². The van der Waals surface area contributed by atoms with Crippen LogP contribution in [-0.4, -0.2) is 26.8 Å². The number of imidazole rings is 1. The van der Waals surface area contributed by atoms with E-state index in [1.807, 2.05) is 37.3 Å². The molecule has 2 heterocycles. The van der Waals surface area contributed by atoms with Crippen LogP contribution in [0, 0.1) is 12.8 Å². The van der Waals surface area contributed by atoms with Crippen LogP contribution in [0.4, 0.5) is 5.69 Å². The van der Waals surface area contributed by atoms with Crippen molar-refractivity contribution in [3.8, 4) is 0 Å². The summed E-state index contributed by atoms with van der Waals surface area (Å²) >= 11 is 0. The van der Waals surface area contributed by atoms with Crippen molar-refractivity contribution in [2.75, 3.05) is 4.90 Å². The van der Waals surface area contributed by atoms with Gasteiger partial charge < -0.3 is 10.1 Å². The van der Waals surface area contributed by atoms with Gasteiger partial charge in [-0.3, -0.25) is 14.5 Å². The van der Waals surface area contributed by atoms with Gasteiger partial charge in [0.25, 0.3) is 5.91 Å². The van der Waals surface area contributed by atoms with Crippen LogP contribution < -0.4 is 4.90 Å². The number of anilines is 1. The third kappa shape index (κ3) is 2.52. The first kappa shape index (κ1) is 16.7. The highest BCUT2D eigenvalue weighted by atomic mass is 16.3. The van der Waals surface area contributed by atoms with Gasteiger partial charge in [-0.2, -0.15) is 0 Å². The number of nitrogens with one attached hydrogen (secondary N) is 1. The Morgan fingerprint density at radius 1 is 1.21 bits per heavy atom. The summed E-state index contributed by atoms with van der Waals surface area (Å²) in [5.41, 5.74) is 4.21. The van der Waals surface area contributed by atoms with Crippen molar-refractivity contribution < 1.29 is 14.7 Å². The number of aliphatic hydroxyl groups excluding tert-OH is 1. The molecule has 2 aromatic carbocycles. The van der Waals surface area contributed by atoms with E-state index in [0.29, 0.717) is 5.69 Å². The zero-order chi connectivity index (χ0) is 19.4. The number of aliphatic hydroxyl groups is 1. The minimum Gasteiger partial charge on any atom is -0.503 e. The minimum absolute atomic E-state index is 0.0916. The summed E-state index contributed by atoms with van der Waals surface area (Å²) in [4.78, 5) is 34.8. The largest absolute Gasteiger partial charge is 0.503 e. The number of hydrogen-bond acceptors (Lipinski definition) is 4. The molecule has 140 valence electrons. The normalized spacial score (nSPS) is 19.7. The Balaban J connectivity index is 1.68. The Hall–Kier alpha value is -3.41. The standard InChI is InChI=1S/C22H19N3O3/c1-12-3-2-4-14(9-12)19-18(20(26)13-5-6-13)21(27)22(28)25(19)15-7-8-16-17(10-15)24-11-23-16/h2-4,7-11,13,19,27H,5-6H2,1H3,(H,23,24). The van der Waals surface area contributed by atoms with Gasteiger partial charge in [-0.05, 0) is 43.5 Å². The lowest BCUT2D eigenvalue weighted by molar-refractivity contribution is -0.118. The predicted molar refractivity (Wildman–Crippen MR) is 105 cm³/mol. The molecule has 6 heteroatoms. The van der Waals surface area contributed by atoms with Crippen LogP contribution in [0.3, 0.4) is 0 Å². The van der Waals surface area contributed by atoms with Crippen LogP contribution in [0.15, 0.2) is 60.1 Å². The molecule has 1 aromatic heterocycles. The summed E-state index contributed by atoms with van der Waals surface area (Å²) in [5, 5.41) is 10.7.